The van der Waals surface area contributed by atoms with Crippen LogP contribution in [0, 0.1) is 5.92 Å². The lowest BCUT2D eigenvalue weighted by molar-refractivity contribution is -0.908. The molecule has 3 rings (SSSR count). The van der Waals surface area contributed by atoms with Crippen molar-refractivity contribution >= 4 is 5.91 Å². The Labute approximate surface area is 150 Å². The minimum absolute atomic E-state index is 0.192. The SMILES string of the molecule is COc1cc2c(cc1OC)C[NH+](CC(=O)N[C@@H]1CCCC[C@H]1C)CC2. The Kier molecular flexibility index (Phi) is 5.84. The molecular weight excluding hydrogens is 316 g/mol. The minimum atomic E-state index is 0.192. The molecule has 25 heavy (non-hydrogen) atoms. The van der Waals surface area contributed by atoms with E-state index in [2.05, 4.69) is 24.4 Å². The van der Waals surface area contributed by atoms with Crippen molar-refractivity contribution in [2.24, 2.45) is 5.92 Å². The van der Waals surface area contributed by atoms with Crippen LogP contribution in [0.4, 0.5) is 0 Å². The smallest absolute Gasteiger partial charge is 0.275 e. The normalized spacial score (nSPS) is 25.8. The van der Waals surface area contributed by atoms with Crippen LogP contribution in [-0.2, 0) is 17.8 Å². The van der Waals surface area contributed by atoms with Crippen LogP contribution in [0.1, 0.15) is 43.7 Å². The number of hydrogen-bond donors (Lipinski definition) is 2. The molecule has 1 aliphatic heterocycles. The van der Waals surface area contributed by atoms with E-state index in [1.165, 1.54) is 35.3 Å². The Morgan fingerprint density at radius 3 is 2.52 bits per heavy atom. The molecule has 2 N–H and O–H groups in total. The van der Waals surface area contributed by atoms with Gasteiger partial charge in [-0.05, 0) is 36.5 Å². The molecule has 1 aromatic rings. The lowest BCUT2D eigenvalue weighted by Gasteiger charge is -2.31. The van der Waals surface area contributed by atoms with Crippen molar-refractivity contribution in [2.45, 2.75) is 51.6 Å². The predicted octanol–water partition coefficient (Wildman–Crippen LogP) is 1.34. The van der Waals surface area contributed by atoms with E-state index in [-0.39, 0.29) is 5.91 Å². The molecule has 1 heterocycles. The van der Waals surface area contributed by atoms with Gasteiger partial charge in [0.05, 0.1) is 20.8 Å². The largest absolute Gasteiger partial charge is 0.493 e. The van der Waals surface area contributed by atoms with Crippen LogP contribution in [0.3, 0.4) is 0 Å². The molecule has 1 saturated carbocycles. The van der Waals surface area contributed by atoms with E-state index < -0.39 is 0 Å². The lowest BCUT2D eigenvalue weighted by Crippen LogP contribution is -3.13. The summed E-state index contributed by atoms with van der Waals surface area (Å²) in [7, 11) is 3.33. The number of ether oxygens (including phenoxy) is 2. The molecule has 0 spiro atoms. The average Bonchev–Trinajstić information content (AvgIpc) is 2.62. The van der Waals surface area contributed by atoms with E-state index in [4.69, 9.17) is 9.47 Å². The molecule has 1 aromatic carbocycles. The number of fused-ring (bicyclic) bond motifs is 1. The van der Waals surface area contributed by atoms with Crippen molar-refractivity contribution in [3.8, 4) is 11.5 Å². The van der Waals surface area contributed by atoms with Crippen molar-refractivity contribution < 1.29 is 19.2 Å². The zero-order chi connectivity index (χ0) is 17.8. The number of carbonyl (C=O) groups excluding carboxylic acids is 1. The van der Waals surface area contributed by atoms with Crippen LogP contribution in [0.2, 0.25) is 0 Å². The van der Waals surface area contributed by atoms with Crippen LogP contribution in [0.15, 0.2) is 12.1 Å². The second kappa shape index (κ2) is 8.09. The van der Waals surface area contributed by atoms with Crippen molar-refractivity contribution in [1.29, 1.82) is 0 Å². The fourth-order valence-electron chi connectivity index (χ4n) is 4.20. The van der Waals surface area contributed by atoms with Gasteiger partial charge in [0.25, 0.3) is 5.91 Å². The van der Waals surface area contributed by atoms with E-state index >= 15 is 0 Å². The Bertz CT molecular complexity index is 617. The Hall–Kier alpha value is -1.75. The third kappa shape index (κ3) is 4.27. The summed E-state index contributed by atoms with van der Waals surface area (Å²) in [6.45, 7) is 4.66. The number of carbonyl (C=O) groups is 1. The van der Waals surface area contributed by atoms with E-state index in [1.807, 2.05) is 0 Å². The topological polar surface area (TPSA) is 52.0 Å². The molecule has 3 atom stereocenters. The second-order valence-corrected chi connectivity index (χ2v) is 7.52. The molecule has 0 aromatic heterocycles. The molecule has 1 aliphatic carbocycles. The van der Waals surface area contributed by atoms with Crippen molar-refractivity contribution in [1.82, 2.24) is 5.32 Å². The maximum absolute atomic E-state index is 12.5. The standard InChI is InChI=1S/C20H30N2O3/c1-14-6-4-5-7-17(14)21-20(23)13-22-9-8-15-10-18(24-2)19(25-3)11-16(15)12-22/h10-11,14,17H,4-9,12-13H2,1-3H3,(H,21,23)/p+1/t14-,17-/m1/s1. The second-order valence-electron chi connectivity index (χ2n) is 7.52. The average molecular weight is 347 g/mol. The van der Waals surface area contributed by atoms with Crippen LogP contribution in [-0.4, -0.2) is 39.3 Å². The number of benzene rings is 1. The highest BCUT2D eigenvalue weighted by Crippen LogP contribution is 2.31. The fourth-order valence-corrected chi connectivity index (χ4v) is 4.20. The Morgan fingerprint density at radius 1 is 1.16 bits per heavy atom. The predicted molar refractivity (Wildman–Crippen MR) is 97.2 cm³/mol. The van der Waals surface area contributed by atoms with Gasteiger partial charge in [-0.1, -0.05) is 19.8 Å². The van der Waals surface area contributed by atoms with Gasteiger partial charge < -0.3 is 19.7 Å². The van der Waals surface area contributed by atoms with E-state index in [1.54, 1.807) is 14.2 Å². The van der Waals surface area contributed by atoms with Crippen LogP contribution < -0.4 is 19.7 Å². The van der Waals surface area contributed by atoms with Crippen LogP contribution in [0.25, 0.3) is 0 Å². The summed E-state index contributed by atoms with van der Waals surface area (Å²) in [6, 6.07) is 4.51. The lowest BCUT2D eigenvalue weighted by atomic mass is 9.86. The summed E-state index contributed by atoms with van der Waals surface area (Å²) in [5, 5.41) is 3.28. The molecule has 0 radical (unpaired) electrons. The molecule has 2 aliphatic rings. The Morgan fingerprint density at radius 2 is 1.84 bits per heavy atom. The summed E-state index contributed by atoms with van der Waals surface area (Å²) in [5.41, 5.74) is 2.57. The molecule has 5 nitrogen and oxygen atoms in total. The molecule has 0 saturated heterocycles. The maximum atomic E-state index is 12.5. The summed E-state index contributed by atoms with van der Waals surface area (Å²) < 4.78 is 10.8. The maximum Gasteiger partial charge on any atom is 0.275 e. The highest BCUT2D eigenvalue weighted by atomic mass is 16.5. The highest BCUT2D eigenvalue weighted by Gasteiger charge is 2.27. The first-order valence-corrected chi connectivity index (χ1v) is 9.47. The number of quaternary nitrogens is 1. The Balaban J connectivity index is 1.59. The monoisotopic (exact) mass is 347 g/mol. The highest BCUT2D eigenvalue weighted by molar-refractivity contribution is 5.77. The van der Waals surface area contributed by atoms with Gasteiger partial charge in [-0.3, -0.25) is 4.79 Å². The summed E-state index contributed by atoms with van der Waals surface area (Å²) in [6.07, 6.45) is 5.87. The fraction of sp³-hybridized carbons (Fsp3) is 0.650. The molecule has 1 fully saturated rings. The summed E-state index contributed by atoms with van der Waals surface area (Å²) in [4.78, 5) is 13.8. The van der Waals surface area contributed by atoms with E-state index in [9.17, 15) is 4.79 Å². The van der Waals surface area contributed by atoms with Gasteiger partial charge in [-0.25, -0.2) is 0 Å². The summed E-state index contributed by atoms with van der Waals surface area (Å²) in [5.74, 6) is 2.35. The molecule has 1 unspecified atom stereocenters. The van der Waals surface area contributed by atoms with Gasteiger partial charge in [-0.2, -0.15) is 0 Å². The van der Waals surface area contributed by atoms with Crippen molar-refractivity contribution in [3.05, 3.63) is 23.3 Å². The zero-order valence-corrected chi connectivity index (χ0v) is 15.7. The first-order chi connectivity index (χ1) is 12.1. The molecule has 0 bridgehead atoms. The van der Waals surface area contributed by atoms with Gasteiger partial charge in [-0.15, -0.1) is 0 Å². The van der Waals surface area contributed by atoms with Crippen molar-refractivity contribution in [3.63, 3.8) is 0 Å². The van der Waals surface area contributed by atoms with Gasteiger partial charge >= 0.3 is 0 Å². The summed E-state index contributed by atoms with van der Waals surface area (Å²) >= 11 is 0. The number of methoxy groups -OCH3 is 2. The molecule has 138 valence electrons. The van der Waals surface area contributed by atoms with Gasteiger partial charge in [0.15, 0.2) is 18.0 Å². The van der Waals surface area contributed by atoms with E-state index in [0.717, 1.165) is 37.4 Å². The van der Waals surface area contributed by atoms with Gasteiger partial charge in [0, 0.05) is 18.0 Å². The van der Waals surface area contributed by atoms with Crippen LogP contribution >= 0.6 is 0 Å². The quantitative estimate of drug-likeness (QED) is 0.845. The first-order valence-electron chi connectivity index (χ1n) is 9.47. The number of hydrogen-bond acceptors (Lipinski definition) is 3. The van der Waals surface area contributed by atoms with Gasteiger partial charge in [0.2, 0.25) is 0 Å². The third-order valence-corrected chi connectivity index (χ3v) is 5.76. The number of amides is 1. The van der Waals surface area contributed by atoms with Crippen LogP contribution in [0.5, 0.6) is 11.5 Å². The number of nitrogens with one attached hydrogen (secondary N) is 2. The molecule has 5 heteroatoms. The molecular formula is C20H31N2O3+. The van der Waals surface area contributed by atoms with E-state index in [0.29, 0.717) is 18.5 Å². The van der Waals surface area contributed by atoms with Crippen molar-refractivity contribution in [2.75, 3.05) is 27.3 Å². The first kappa shape index (κ1) is 18.1. The third-order valence-electron chi connectivity index (χ3n) is 5.76. The zero-order valence-electron chi connectivity index (χ0n) is 15.7. The molecule has 1 amide bonds. The van der Waals surface area contributed by atoms with Gasteiger partial charge in [0.1, 0.15) is 6.54 Å². The minimum Gasteiger partial charge on any atom is -0.493 e. The number of rotatable bonds is 5.